The Morgan fingerprint density at radius 2 is 1.75 bits per heavy atom. The van der Waals surface area contributed by atoms with Crippen molar-refractivity contribution in [1.82, 2.24) is 5.32 Å². The van der Waals surface area contributed by atoms with Crippen molar-refractivity contribution in [2.75, 3.05) is 14.2 Å². The molecule has 0 aromatic heterocycles. The van der Waals surface area contributed by atoms with Gasteiger partial charge >= 0.3 is 0 Å². The second kappa shape index (κ2) is 7.53. The molecule has 1 aromatic carbocycles. The molecular weight excluding hydrogens is 256 g/mol. The standard InChI is InChI=1S/C15H22N2O3/c1-10(2)11(3)16-15(20-5)17-14(18)12-6-8-13(19-4)9-7-12/h6-11H,1-5H3,(H,16,17,18)/t11-/m0/s1. The quantitative estimate of drug-likeness (QED) is 0.680. The number of nitrogens with one attached hydrogen (secondary N) is 1. The molecule has 0 saturated heterocycles. The van der Waals surface area contributed by atoms with Gasteiger partial charge in [0.05, 0.1) is 20.3 Å². The van der Waals surface area contributed by atoms with E-state index in [1.165, 1.54) is 7.11 Å². The van der Waals surface area contributed by atoms with E-state index in [1.807, 2.05) is 6.92 Å². The summed E-state index contributed by atoms with van der Waals surface area (Å²) in [5.41, 5.74) is 0.521. The Bertz CT molecular complexity index is 467. The minimum absolute atomic E-state index is 0.0705. The first kappa shape index (κ1) is 16.0. The highest BCUT2D eigenvalue weighted by Gasteiger charge is 2.12. The van der Waals surface area contributed by atoms with Gasteiger partial charge in [-0.25, -0.2) is 4.99 Å². The Labute approximate surface area is 120 Å². The van der Waals surface area contributed by atoms with Crippen LogP contribution in [0.15, 0.2) is 29.3 Å². The van der Waals surface area contributed by atoms with E-state index in [0.717, 1.165) is 0 Å². The van der Waals surface area contributed by atoms with Crippen LogP contribution in [0.3, 0.4) is 0 Å². The lowest BCUT2D eigenvalue weighted by Crippen LogP contribution is -2.33. The van der Waals surface area contributed by atoms with Crippen LogP contribution < -0.4 is 10.1 Å². The molecule has 0 aliphatic heterocycles. The molecule has 0 unspecified atom stereocenters. The summed E-state index contributed by atoms with van der Waals surface area (Å²) < 4.78 is 10.2. The van der Waals surface area contributed by atoms with Crippen LogP contribution >= 0.6 is 0 Å². The predicted octanol–water partition coefficient (Wildman–Crippen LogP) is 2.47. The van der Waals surface area contributed by atoms with E-state index in [4.69, 9.17) is 9.47 Å². The minimum atomic E-state index is -0.260. The van der Waals surface area contributed by atoms with Crippen LogP contribution in [-0.4, -0.2) is 32.2 Å². The molecule has 20 heavy (non-hydrogen) atoms. The zero-order valence-corrected chi connectivity index (χ0v) is 12.6. The van der Waals surface area contributed by atoms with Crippen LogP contribution in [0.1, 0.15) is 31.1 Å². The van der Waals surface area contributed by atoms with Crippen LogP contribution in [0.5, 0.6) is 5.75 Å². The number of benzene rings is 1. The van der Waals surface area contributed by atoms with Crippen LogP contribution in [0.25, 0.3) is 0 Å². The summed E-state index contributed by atoms with van der Waals surface area (Å²) in [5, 5.41) is 2.65. The number of methoxy groups -OCH3 is 2. The van der Waals surface area contributed by atoms with Crippen LogP contribution in [0.2, 0.25) is 0 Å². The van der Waals surface area contributed by atoms with Gasteiger partial charge in [-0.1, -0.05) is 13.8 Å². The Morgan fingerprint density at radius 1 is 1.15 bits per heavy atom. The van der Waals surface area contributed by atoms with Crippen LogP contribution in [-0.2, 0) is 4.74 Å². The number of amidine groups is 1. The van der Waals surface area contributed by atoms with Gasteiger partial charge in [0.2, 0.25) is 0 Å². The number of nitrogens with zero attached hydrogens (tertiary/aromatic N) is 1. The second-order valence-electron chi connectivity index (χ2n) is 4.81. The average Bonchev–Trinajstić information content (AvgIpc) is 2.46. The lowest BCUT2D eigenvalue weighted by atomic mass is 10.1. The fourth-order valence-corrected chi connectivity index (χ4v) is 1.38. The zero-order chi connectivity index (χ0) is 15.1. The summed E-state index contributed by atoms with van der Waals surface area (Å²) in [6.45, 7) is 6.10. The summed E-state index contributed by atoms with van der Waals surface area (Å²) in [6.07, 6.45) is 0. The number of rotatable bonds is 4. The van der Waals surface area contributed by atoms with Crippen molar-refractivity contribution in [3.8, 4) is 5.75 Å². The number of carbonyl (C=O) groups excluding carboxylic acids is 1. The van der Waals surface area contributed by atoms with Crippen molar-refractivity contribution < 1.29 is 14.3 Å². The Hall–Kier alpha value is -2.04. The first-order valence-electron chi connectivity index (χ1n) is 6.55. The number of ether oxygens (including phenoxy) is 2. The summed E-state index contributed by atoms with van der Waals surface area (Å²) in [7, 11) is 3.07. The second-order valence-corrected chi connectivity index (χ2v) is 4.81. The zero-order valence-electron chi connectivity index (χ0n) is 12.6. The number of hydrogen-bond acceptors (Lipinski definition) is 4. The molecule has 1 rings (SSSR count). The number of aliphatic imine (C=N–C) groups is 1. The molecule has 1 amide bonds. The number of carbonyl (C=O) groups is 1. The van der Waals surface area contributed by atoms with Crippen molar-refractivity contribution in [2.45, 2.75) is 26.8 Å². The largest absolute Gasteiger partial charge is 0.497 e. The van der Waals surface area contributed by atoms with Crippen molar-refractivity contribution in [1.29, 1.82) is 0 Å². The van der Waals surface area contributed by atoms with Crippen molar-refractivity contribution >= 4 is 11.9 Å². The maximum Gasteiger partial charge on any atom is 0.291 e. The SMILES string of the molecule is COC(=N[C@@H](C)C(C)C)NC(=O)c1ccc(OC)cc1. The number of amides is 1. The summed E-state index contributed by atoms with van der Waals surface area (Å²) in [4.78, 5) is 16.4. The summed E-state index contributed by atoms with van der Waals surface area (Å²) in [5.74, 6) is 0.817. The van der Waals surface area contributed by atoms with Gasteiger partial charge in [0.15, 0.2) is 0 Å². The van der Waals surface area contributed by atoms with Gasteiger partial charge < -0.3 is 9.47 Å². The van der Waals surface area contributed by atoms with Gasteiger partial charge in [-0.2, -0.15) is 0 Å². The van der Waals surface area contributed by atoms with E-state index in [0.29, 0.717) is 17.2 Å². The lowest BCUT2D eigenvalue weighted by molar-refractivity contribution is 0.0968. The fourth-order valence-electron chi connectivity index (χ4n) is 1.38. The molecule has 5 nitrogen and oxygen atoms in total. The molecule has 0 aliphatic carbocycles. The molecule has 0 radical (unpaired) electrons. The van der Waals surface area contributed by atoms with E-state index < -0.39 is 0 Å². The molecule has 0 heterocycles. The topological polar surface area (TPSA) is 59.9 Å². The molecule has 0 aliphatic rings. The van der Waals surface area contributed by atoms with Crippen molar-refractivity contribution in [3.63, 3.8) is 0 Å². The first-order chi connectivity index (χ1) is 9.47. The molecule has 0 fully saturated rings. The average molecular weight is 278 g/mol. The Morgan fingerprint density at radius 3 is 2.20 bits per heavy atom. The van der Waals surface area contributed by atoms with E-state index in [9.17, 15) is 4.79 Å². The minimum Gasteiger partial charge on any atom is -0.497 e. The highest BCUT2D eigenvalue weighted by atomic mass is 16.5. The molecule has 0 spiro atoms. The Kier molecular flexibility index (Phi) is 6.03. The fraction of sp³-hybridized carbons (Fsp3) is 0.467. The summed E-state index contributed by atoms with van der Waals surface area (Å²) >= 11 is 0. The molecule has 1 atom stereocenters. The molecule has 0 bridgehead atoms. The van der Waals surface area contributed by atoms with Gasteiger partial charge in [-0.3, -0.25) is 10.1 Å². The molecule has 1 aromatic rings. The van der Waals surface area contributed by atoms with Crippen molar-refractivity contribution in [2.24, 2.45) is 10.9 Å². The molecule has 5 heteroatoms. The summed E-state index contributed by atoms with van der Waals surface area (Å²) in [6, 6.07) is 7.14. The highest BCUT2D eigenvalue weighted by Crippen LogP contribution is 2.11. The lowest BCUT2D eigenvalue weighted by Gasteiger charge is -2.13. The van der Waals surface area contributed by atoms with Crippen molar-refractivity contribution in [3.05, 3.63) is 29.8 Å². The van der Waals surface area contributed by atoms with Crippen LogP contribution in [0, 0.1) is 5.92 Å². The maximum atomic E-state index is 12.1. The van der Waals surface area contributed by atoms with Gasteiger partial charge in [0.1, 0.15) is 5.75 Å². The molecule has 1 N–H and O–H groups in total. The normalized spacial score (nSPS) is 13.0. The van der Waals surface area contributed by atoms with E-state index >= 15 is 0 Å². The van der Waals surface area contributed by atoms with Gasteiger partial charge in [-0.05, 0) is 37.1 Å². The first-order valence-corrected chi connectivity index (χ1v) is 6.55. The predicted molar refractivity (Wildman–Crippen MR) is 79.2 cm³/mol. The third-order valence-corrected chi connectivity index (χ3v) is 3.05. The third-order valence-electron chi connectivity index (χ3n) is 3.05. The third kappa shape index (κ3) is 4.57. The highest BCUT2D eigenvalue weighted by molar-refractivity contribution is 6.04. The van der Waals surface area contributed by atoms with Crippen LogP contribution in [0.4, 0.5) is 0 Å². The molecule has 110 valence electrons. The van der Waals surface area contributed by atoms with Gasteiger partial charge in [0.25, 0.3) is 11.9 Å². The smallest absolute Gasteiger partial charge is 0.291 e. The molecule has 0 saturated carbocycles. The monoisotopic (exact) mass is 278 g/mol. The molecular formula is C15H22N2O3. The maximum absolute atomic E-state index is 12.1. The Balaban J connectivity index is 2.76. The van der Waals surface area contributed by atoms with Gasteiger partial charge in [0, 0.05) is 5.56 Å². The van der Waals surface area contributed by atoms with E-state index in [-0.39, 0.29) is 18.0 Å². The number of hydrogen-bond donors (Lipinski definition) is 1. The van der Waals surface area contributed by atoms with E-state index in [2.05, 4.69) is 24.2 Å². The van der Waals surface area contributed by atoms with E-state index in [1.54, 1.807) is 31.4 Å². The van der Waals surface area contributed by atoms with Gasteiger partial charge in [-0.15, -0.1) is 0 Å².